The van der Waals surface area contributed by atoms with Crippen LogP contribution in [0.5, 0.6) is 5.75 Å². The van der Waals surface area contributed by atoms with Crippen LogP contribution in [0.3, 0.4) is 0 Å². The molecule has 0 aliphatic rings. The number of nitrogens with zero attached hydrogens (tertiary/aromatic N) is 4. The summed E-state index contributed by atoms with van der Waals surface area (Å²) in [6.45, 7) is 0. The first kappa shape index (κ1) is 20.0. The van der Waals surface area contributed by atoms with Gasteiger partial charge in [0.25, 0.3) is 0 Å². The van der Waals surface area contributed by atoms with Gasteiger partial charge < -0.3 is 13.8 Å². The maximum absolute atomic E-state index is 12.6. The number of halogens is 3. The molecule has 10 heteroatoms. The number of ether oxygens (including phenoxy) is 1. The smallest absolute Gasteiger partial charge is 0.471 e. The molecule has 0 unspecified atom stereocenters. The molecule has 2 aromatic carbocycles. The van der Waals surface area contributed by atoms with Gasteiger partial charge in [-0.15, -0.1) is 11.8 Å². The fraction of sp³-hybridized carbons (Fsp3) is 0.150. The van der Waals surface area contributed by atoms with Crippen molar-refractivity contribution in [3.05, 3.63) is 72.6 Å². The van der Waals surface area contributed by atoms with Crippen LogP contribution in [0.25, 0.3) is 17.1 Å². The number of rotatable bonds is 6. The topological polar surface area (TPSA) is 66.0 Å². The van der Waals surface area contributed by atoms with Gasteiger partial charge in [-0.1, -0.05) is 5.16 Å². The van der Waals surface area contributed by atoms with E-state index < -0.39 is 12.1 Å². The van der Waals surface area contributed by atoms with E-state index in [4.69, 9.17) is 4.74 Å². The number of benzene rings is 2. The van der Waals surface area contributed by atoms with E-state index in [1.807, 2.05) is 35.0 Å². The summed E-state index contributed by atoms with van der Waals surface area (Å²) in [4.78, 5) is 8.90. The Morgan fingerprint density at radius 1 is 1.07 bits per heavy atom. The van der Waals surface area contributed by atoms with Crippen molar-refractivity contribution in [3.8, 4) is 22.8 Å². The maximum atomic E-state index is 12.6. The zero-order chi connectivity index (χ0) is 21.1. The third-order valence-electron chi connectivity index (χ3n) is 4.17. The fourth-order valence-electron chi connectivity index (χ4n) is 2.65. The molecule has 0 bridgehead atoms. The molecule has 0 aliphatic carbocycles. The summed E-state index contributed by atoms with van der Waals surface area (Å²) >= 11 is 1.65. The zero-order valence-corrected chi connectivity index (χ0v) is 16.4. The molecule has 2 aromatic heterocycles. The molecule has 6 nitrogen and oxygen atoms in total. The van der Waals surface area contributed by atoms with E-state index in [2.05, 4.69) is 19.6 Å². The van der Waals surface area contributed by atoms with E-state index in [-0.39, 0.29) is 5.82 Å². The minimum atomic E-state index is -4.66. The van der Waals surface area contributed by atoms with Gasteiger partial charge in [-0.2, -0.15) is 18.2 Å². The fourth-order valence-corrected chi connectivity index (χ4v) is 3.44. The molecule has 154 valence electrons. The summed E-state index contributed by atoms with van der Waals surface area (Å²) in [7, 11) is 1.63. The highest BCUT2D eigenvalue weighted by atomic mass is 32.2. The van der Waals surface area contributed by atoms with E-state index in [1.165, 1.54) is 0 Å². The normalized spacial score (nSPS) is 11.6. The largest absolute Gasteiger partial charge is 0.497 e. The van der Waals surface area contributed by atoms with Crippen molar-refractivity contribution >= 4 is 11.8 Å². The van der Waals surface area contributed by atoms with Gasteiger partial charge in [0.2, 0.25) is 5.82 Å². The predicted octanol–water partition coefficient (Wildman–Crippen LogP) is 5.24. The molecular formula is C20H15F3N4O2S. The monoisotopic (exact) mass is 432 g/mol. The first-order chi connectivity index (χ1) is 14.4. The number of aromatic nitrogens is 4. The average molecular weight is 432 g/mol. The highest BCUT2D eigenvalue weighted by Gasteiger charge is 2.38. The molecule has 4 rings (SSSR count). The number of thioether (sulfide) groups is 1. The molecule has 0 saturated heterocycles. The third-order valence-corrected chi connectivity index (χ3v) is 5.22. The van der Waals surface area contributed by atoms with Gasteiger partial charge >= 0.3 is 12.1 Å². The summed E-state index contributed by atoms with van der Waals surface area (Å²) in [5, 5.41) is 3.39. The van der Waals surface area contributed by atoms with E-state index in [0.29, 0.717) is 11.3 Å². The quantitative estimate of drug-likeness (QED) is 0.388. The van der Waals surface area contributed by atoms with Crippen molar-refractivity contribution in [2.24, 2.45) is 0 Å². The summed E-state index contributed by atoms with van der Waals surface area (Å²) in [5.74, 6) is 0.0225. The van der Waals surface area contributed by atoms with Crippen LogP contribution in [-0.2, 0) is 11.9 Å². The summed E-state index contributed by atoms with van der Waals surface area (Å²) in [6, 6.07) is 14.6. The van der Waals surface area contributed by atoms with Crippen LogP contribution in [0, 0.1) is 0 Å². The first-order valence-corrected chi connectivity index (χ1v) is 9.72. The van der Waals surface area contributed by atoms with E-state index in [9.17, 15) is 13.2 Å². The molecule has 2 heterocycles. The van der Waals surface area contributed by atoms with Crippen molar-refractivity contribution in [1.82, 2.24) is 19.7 Å². The molecule has 0 spiro atoms. The average Bonchev–Trinajstić information content (AvgIpc) is 3.43. The Balaban J connectivity index is 1.42. The Bertz CT molecular complexity index is 1120. The molecule has 0 atom stereocenters. The standard InChI is InChI=1S/C20H15F3N4O2S/c1-28-16-6-8-17(9-7-16)30-11-14-10-27(12-24-14)15-4-2-13(3-5-15)18-25-19(29-26-18)20(21,22)23/h2-10,12H,11H2,1H3. The molecule has 0 aliphatic heterocycles. The van der Waals surface area contributed by atoms with Crippen LogP contribution >= 0.6 is 11.8 Å². The number of alkyl halides is 3. The lowest BCUT2D eigenvalue weighted by Gasteiger charge is -2.03. The molecule has 0 fully saturated rings. The lowest BCUT2D eigenvalue weighted by molar-refractivity contribution is -0.159. The van der Waals surface area contributed by atoms with Crippen LogP contribution in [0.4, 0.5) is 13.2 Å². The Morgan fingerprint density at radius 2 is 1.80 bits per heavy atom. The Morgan fingerprint density at radius 3 is 2.43 bits per heavy atom. The van der Waals surface area contributed by atoms with E-state index in [1.54, 1.807) is 49.5 Å². The molecule has 4 aromatic rings. The zero-order valence-electron chi connectivity index (χ0n) is 15.6. The lowest BCUT2D eigenvalue weighted by Crippen LogP contribution is -2.04. The summed E-state index contributed by atoms with van der Waals surface area (Å²) in [6.07, 6.45) is -1.07. The van der Waals surface area contributed by atoms with Crippen LogP contribution in [-0.4, -0.2) is 26.8 Å². The Kier molecular flexibility index (Phi) is 5.49. The molecule has 0 saturated carbocycles. The van der Waals surface area contributed by atoms with E-state index in [0.717, 1.165) is 22.0 Å². The highest BCUT2D eigenvalue weighted by molar-refractivity contribution is 7.98. The SMILES string of the molecule is COc1ccc(SCc2cn(-c3ccc(-c4noc(C(F)(F)F)n4)cc3)cn2)cc1. The summed E-state index contributed by atoms with van der Waals surface area (Å²) in [5.41, 5.74) is 2.13. The number of hydrogen-bond donors (Lipinski definition) is 0. The number of methoxy groups -OCH3 is 1. The van der Waals surface area contributed by atoms with Crippen molar-refractivity contribution < 1.29 is 22.4 Å². The lowest BCUT2D eigenvalue weighted by atomic mass is 10.2. The van der Waals surface area contributed by atoms with Crippen LogP contribution < -0.4 is 4.74 Å². The second-order valence-corrected chi connectivity index (χ2v) is 7.25. The number of hydrogen-bond acceptors (Lipinski definition) is 6. The Labute approximate surface area is 173 Å². The van der Waals surface area contributed by atoms with Gasteiger partial charge in [-0.25, -0.2) is 4.98 Å². The van der Waals surface area contributed by atoms with Gasteiger partial charge in [-0.05, 0) is 48.5 Å². The van der Waals surface area contributed by atoms with Gasteiger partial charge in [-0.3, -0.25) is 0 Å². The Hall–Kier alpha value is -3.27. The van der Waals surface area contributed by atoms with E-state index >= 15 is 0 Å². The van der Waals surface area contributed by atoms with Crippen molar-refractivity contribution in [1.29, 1.82) is 0 Å². The second-order valence-electron chi connectivity index (χ2n) is 6.20. The second kappa shape index (κ2) is 8.23. The van der Waals surface area contributed by atoms with Crippen molar-refractivity contribution in [2.45, 2.75) is 16.8 Å². The number of imidazole rings is 1. The highest BCUT2D eigenvalue weighted by Crippen LogP contribution is 2.29. The van der Waals surface area contributed by atoms with Gasteiger partial charge in [0.1, 0.15) is 5.75 Å². The molecule has 0 radical (unpaired) electrons. The summed E-state index contributed by atoms with van der Waals surface area (Å²) < 4.78 is 49.0. The minimum absolute atomic E-state index is 0.115. The third kappa shape index (κ3) is 4.48. The van der Waals surface area contributed by atoms with Gasteiger partial charge in [0.15, 0.2) is 0 Å². The predicted molar refractivity (Wildman–Crippen MR) is 104 cm³/mol. The molecule has 0 amide bonds. The van der Waals surface area contributed by atoms with Crippen LogP contribution in [0.15, 0.2) is 70.5 Å². The van der Waals surface area contributed by atoms with Crippen LogP contribution in [0.2, 0.25) is 0 Å². The van der Waals surface area contributed by atoms with Crippen LogP contribution in [0.1, 0.15) is 11.6 Å². The maximum Gasteiger partial charge on any atom is 0.471 e. The van der Waals surface area contributed by atoms with Crippen molar-refractivity contribution in [3.63, 3.8) is 0 Å². The molecular weight excluding hydrogens is 417 g/mol. The van der Waals surface area contributed by atoms with Gasteiger partial charge in [0, 0.05) is 28.1 Å². The van der Waals surface area contributed by atoms with Crippen molar-refractivity contribution in [2.75, 3.05) is 7.11 Å². The molecule has 30 heavy (non-hydrogen) atoms. The molecule has 0 N–H and O–H groups in total. The minimum Gasteiger partial charge on any atom is -0.497 e. The van der Waals surface area contributed by atoms with Gasteiger partial charge in [0.05, 0.1) is 19.1 Å². The first-order valence-electron chi connectivity index (χ1n) is 8.74.